The highest BCUT2D eigenvalue weighted by Gasteiger charge is 2.12. The number of carboxylic acid groups (broad SMARTS) is 1. The molecule has 0 saturated heterocycles. The Bertz CT molecular complexity index is 528. The number of nitrogens with zero attached hydrogens (tertiary/aromatic N) is 1. The summed E-state index contributed by atoms with van der Waals surface area (Å²) in [6.45, 7) is 0.250. The molecule has 1 aromatic carbocycles. The predicted octanol–water partition coefficient (Wildman–Crippen LogP) is 3.07. The molecule has 2 rings (SSSR count). The van der Waals surface area contributed by atoms with E-state index in [1.54, 1.807) is 18.3 Å². The normalized spacial score (nSPS) is 10.2. The second kappa shape index (κ2) is 5.16. The van der Waals surface area contributed by atoms with Gasteiger partial charge in [0, 0.05) is 16.6 Å². The number of ether oxygens (including phenoxy) is 1. The molecule has 0 aliphatic heterocycles. The third-order valence-corrected chi connectivity index (χ3v) is 2.99. The van der Waals surface area contributed by atoms with Crippen LogP contribution in [0, 0.1) is 0 Å². The van der Waals surface area contributed by atoms with E-state index in [0.29, 0.717) is 5.02 Å². The van der Waals surface area contributed by atoms with Crippen LogP contribution >= 0.6 is 22.9 Å². The molecular formula is C11H8ClNO3S. The highest BCUT2D eigenvalue weighted by molar-refractivity contribution is 7.09. The predicted molar refractivity (Wildman–Crippen MR) is 64.9 cm³/mol. The van der Waals surface area contributed by atoms with Crippen molar-refractivity contribution in [2.45, 2.75) is 6.61 Å². The molecule has 4 nitrogen and oxygen atoms in total. The largest absolute Gasteiger partial charge is 0.486 e. The zero-order valence-corrected chi connectivity index (χ0v) is 10.2. The minimum Gasteiger partial charge on any atom is -0.486 e. The second-order valence-corrected chi connectivity index (χ2v) is 4.58. The number of rotatable bonds is 4. The van der Waals surface area contributed by atoms with Gasteiger partial charge >= 0.3 is 5.97 Å². The van der Waals surface area contributed by atoms with Crippen molar-refractivity contribution in [3.8, 4) is 5.75 Å². The van der Waals surface area contributed by atoms with Gasteiger partial charge in [-0.25, -0.2) is 9.78 Å². The summed E-state index contributed by atoms with van der Waals surface area (Å²) in [6, 6.07) is 4.49. The molecule has 2 aromatic rings. The fourth-order valence-corrected chi connectivity index (χ4v) is 1.96. The average Bonchev–Trinajstić information content (AvgIpc) is 2.80. The van der Waals surface area contributed by atoms with Crippen molar-refractivity contribution in [1.82, 2.24) is 4.98 Å². The van der Waals surface area contributed by atoms with Gasteiger partial charge in [-0.15, -0.1) is 11.3 Å². The van der Waals surface area contributed by atoms with E-state index in [2.05, 4.69) is 4.98 Å². The van der Waals surface area contributed by atoms with E-state index in [4.69, 9.17) is 21.4 Å². The van der Waals surface area contributed by atoms with Crippen molar-refractivity contribution in [2.24, 2.45) is 0 Å². The lowest BCUT2D eigenvalue weighted by molar-refractivity contribution is 0.0691. The summed E-state index contributed by atoms with van der Waals surface area (Å²) in [5.41, 5.74) is 0.0501. The van der Waals surface area contributed by atoms with Crippen molar-refractivity contribution >= 4 is 28.9 Å². The van der Waals surface area contributed by atoms with Crippen LogP contribution < -0.4 is 4.74 Å². The molecule has 1 aromatic heterocycles. The number of hydrogen-bond acceptors (Lipinski definition) is 4. The first-order chi connectivity index (χ1) is 8.16. The lowest BCUT2D eigenvalue weighted by Crippen LogP contribution is -2.03. The summed E-state index contributed by atoms with van der Waals surface area (Å²) >= 11 is 7.18. The highest BCUT2D eigenvalue weighted by atomic mass is 35.5. The van der Waals surface area contributed by atoms with Gasteiger partial charge in [-0.2, -0.15) is 0 Å². The number of benzene rings is 1. The van der Waals surface area contributed by atoms with Gasteiger partial charge in [0.25, 0.3) is 0 Å². The molecule has 6 heteroatoms. The maximum absolute atomic E-state index is 11.0. The van der Waals surface area contributed by atoms with Crippen molar-refractivity contribution < 1.29 is 14.6 Å². The lowest BCUT2D eigenvalue weighted by atomic mass is 10.2. The van der Waals surface area contributed by atoms with Crippen molar-refractivity contribution in [3.05, 3.63) is 45.4 Å². The summed E-state index contributed by atoms with van der Waals surface area (Å²) in [5, 5.41) is 12.0. The molecule has 0 atom stereocenters. The van der Waals surface area contributed by atoms with Crippen molar-refractivity contribution in [1.29, 1.82) is 0 Å². The maximum Gasteiger partial charge on any atom is 0.339 e. The minimum absolute atomic E-state index is 0.0501. The Labute approximate surface area is 106 Å². The van der Waals surface area contributed by atoms with E-state index >= 15 is 0 Å². The van der Waals surface area contributed by atoms with E-state index in [-0.39, 0.29) is 17.9 Å². The third-order valence-electron chi connectivity index (χ3n) is 2.01. The smallest absolute Gasteiger partial charge is 0.339 e. The topological polar surface area (TPSA) is 59.4 Å². The zero-order chi connectivity index (χ0) is 12.3. The van der Waals surface area contributed by atoms with Crippen molar-refractivity contribution in [2.75, 3.05) is 0 Å². The molecule has 1 heterocycles. The Morgan fingerprint density at radius 2 is 2.35 bits per heavy atom. The number of carboxylic acids is 1. The van der Waals surface area contributed by atoms with Gasteiger partial charge in [0.2, 0.25) is 0 Å². The molecule has 0 spiro atoms. The standard InChI is InChI=1S/C11H8ClNO3S/c12-7-1-2-9(8(5-7)11(14)15)16-6-10-13-3-4-17-10/h1-5H,6H2,(H,14,15). The van der Waals surface area contributed by atoms with E-state index in [1.165, 1.54) is 17.4 Å². The molecule has 1 N–H and O–H groups in total. The van der Waals surface area contributed by atoms with Crippen LogP contribution in [0.15, 0.2) is 29.8 Å². The quantitative estimate of drug-likeness (QED) is 0.927. The van der Waals surface area contributed by atoms with Crippen LogP contribution in [-0.4, -0.2) is 16.1 Å². The Morgan fingerprint density at radius 1 is 1.53 bits per heavy atom. The molecule has 0 aliphatic carbocycles. The highest BCUT2D eigenvalue weighted by Crippen LogP contribution is 2.24. The Morgan fingerprint density at radius 3 is 3.00 bits per heavy atom. The summed E-state index contributed by atoms with van der Waals surface area (Å²) in [7, 11) is 0. The van der Waals surface area contributed by atoms with Crippen LogP contribution in [0.4, 0.5) is 0 Å². The van der Waals surface area contributed by atoms with Crippen LogP contribution in [0.5, 0.6) is 5.75 Å². The third kappa shape index (κ3) is 2.95. The minimum atomic E-state index is -1.07. The van der Waals surface area contributed by atoms with E-state index in [0.717, 1.165) is 5.01 Å². The van der Waals surface area contributed by atoms with Crippen LogP contribution in [0.25, 0.3) is 0 Å². The number of thiazole rings is 1. The molecule has 0 radical (unpaired) electrons. The molecule has 0 unspecified atom stereocenters. The monoisotopic (exact) mass is 269 g/mol. The number of halogens is 1. The van der Waals surface area contributed by atoms with Crippen LogP contribution in [-0.2, 0) is 6.61 Å². The second-order valence-electron chi connectivity index (χ2n) is 3.16. The fraction of sp³-hybridized carbons (Fsp3) is 0.0909. The lowest BCUT2D eigenvalue weighted by Gasteiger charge is -2.07. The molecule has 0 saturated carbocycles. The molecule has 0 amide bonds. The number of carbonyl (C=O) groups is 1. The van der Waals surface area contributed by atoms with E-state index in [1.807, 2.05) is 5.38 Å². The van der Waals surface area contributed by atoms with Gasteiger partial charge in [0.05, 0.1) is 0 Å². The Hall–Kier alpha value is -1.59. The molecule has 0 bridgehead atoms. The summed E-state index contributed by atoms with van der Waals surface area (Å²) in [6.07, 6.45) is 1.67. The first kappa shape index (κ1) is 11.9. The molecule has 88 valence electrons. The van der Waals surface area contributed by atoms with E-state index in [9.17, 15) is 4.79 Å². The summed E-state index contributed by atoms with van der Waals surface area (Å²) in [4.78, 5) is 15.0. The first-order valence-corrected chi connectivity index (χ1v) is 5.96. The first-order valence-electron chi connectivity index (χ1n) is 4.71. The molecule has 17 heavy (non-hydrogen) atoms. The maximum atomic E-state index is 11.0. The van der Waals surface area contributed by atoms with Gasteiger partial charge in [-0.3, -0.25) is 0 Å². The zero-order valence-electron chi connectivity index (χ0n) is 8.59. The van der Waals surface area contributed by atoms with E-state index < -0.39 is 5.97 Å². The SMILES string of the molecule is O=C(O)c1cc(Cl)ccc1OCc1nccs1. The fourth-order valence-electron chi connectivity index (χ4n) is 1.26. The van der Waals surface area contributed by atoms with Crippen LogP contribution in [0.1, 0.15) is 15.4 Å². The van der Waals surface area contributed by atoms with Gasteiger partial charge in [-0.05, 0) is 18.2 Å². The van der Waals surface area contributed by atoms with Gasteiger partial charge in [0.1, 0.15) is 22.9 Å². The van der Waals surface area contributed by atoms with Crippen LogP contribution in [0.2, 0.25) is 5.02 Å². The summed E-state index contributed by atoms with van der Waals surface area (Å²) < 4.78 is 5.41. The number of aromatic nitrogens is 1. The average molecular weight is 270 g/mol. The summed E-state index contributed by atoms with van der Waals surface area (Å²) in [5.74, 6) is -0.779. The molecule has 0 fully saturated rings. The Balaban J connectivity index is 2.17. The van der Waals surface area contributed by atoms with Crippen molar-refractivity contribution in [3.63, 3.8) is 0 Å². The Kier molecular flexibility index (Phi) is 3.61. The van der Waals surface area contributed by atoms with Gasteiger partial charge < -0.3 is 9.84 Å². The molecule has 0 aliphatic rings. The molecular weight excluding hydrogens is 262 g/mol. The van der Waals surface area contributed by atoms with Crippen LogP contribution in [0.3, 0.4) is 0 Å². The number of hydrogen-bond donors (Lipinski definition) is 1. The number of aromatic carboxylic acids is 1. The van der Waals surface area contributed by atoms with Gasteiger partial charge in [-0.1, -0.05) is 11.6 Å². The van der Waals surface area contributed by atoms with Gasteiger partial charge in [0.15, 0.2) is 0 Å².